The van der Waals surface area contributed by atoms with Crippen LogP contribution in [0.1, 0.15) is 11.1 Å². The van der Waals surface area contributed by atoms with Crippen molar-refractivity contribution in [3.05, 3.63) is 47.5 Å². The van der Waals surface area contributed by atoms with Crippen LogP contribution in [0, 0.1) is 6.92 Å². The van der Waals surface area contributed by atoms with Crippen LogP contribution in [0.4, 0.5) is 0 Å². The molecule has 0 saturated heterocycles. The summed E-state index contributed by atoms with van der Waals surface area (Å²) >= 11 is 0. The van der Waals surface area contributed by atoms with Gasteiger partial charge in [0.2, 0.25) is 0 Å². The van der Waals surface area contributed by atoms with Gasteiger partial charge in [-0.25, -0.2) is 0 Å². The molecule has 0 aliphatic heterocycles. The molecule has 0 radical (unpaired) electrons. The molecule has 3 rings (SSSR count). The van der Waals surface area contributed by atoms with Crippen LogP contribution in [-0.2, 0) is 18.3 Å². The van der Waals surface area contributed by atoms with E-state index >= 15 is 0 Å². The van der Waals surface area contributed by atoms with Gasteiger partial charge in [0.05, 0.1) is 6.42 Å². The Morgan fingerprint density at radius 3 is 2.42 bits per heavy atom. The van der Waals surface area contributed by atoms with Crippen LogP contribution in [0.2, 0.25) is 0 Å². The van der Waals surface area contributed by atoms with Crippen molar-refractivity contribution >= 4 is 27.8 Å². The minimum Gasteiger partial charge on any atom is -0.481 e. The third kappa shape index (κ3) is 1.87. The fourth-order valence-corrected chi connectivity index (χ4v) is 2.66. The monoisotopic (exact) mass is 253 g/mol. The highest BCUT2D eigenvalue weighted by Crippen LogP contribution is 2.29. The largest absolute Gasteiger partial charge is 0.481 e. The first-order valence-corrected chi connectivity index (χ1v) is 6.26. The number of hydrogen-bond acceptors (Lipinski definition) is 1. The Morgan fingerprint density at radius 2 is 1.74 bits per heavy atom. The average molecular weight is 253 g/mol. The summed E-state index contributed by atoms with van der Waals surface area (Å²) in [4.78, 5) is 10.8. The fourth-order valence-electron chi connectivity index (χ4n) is 2.66. The van der Waals surface area contributed by atoms with E-state index in [0.29, 0.717) is 0 Å². The number of rotatable bonds is 2. The van der Waals surface area contributed by atoms with E-state index < -0.39 is 5.97 Å². The zero-order valence-electron chi connectivity index (χ0n) is 11.0. The lowest BCUT2D eigenvalue weighted by Crippen LogP contribution is -1.99. The number of nitrogens with zero attached hydrogens (tertiary/aromatic N) is 1. The molecular weight excluding hydrogens is 238 g/mol. The molecule has 96 valence electrons. The highest BCUT2D eigenvalue weighted by Gasteiger charge is 2.09. The fraction of sp³-hybridized carbons (Fsp3) is 0.188. The topological polar surface area (TPSA) is 42.2 Å². The van der Waals surface area contributed by atoms with Crippen LogP contribution >= 0.6 is 0 Å². The molecule has 0 fully saturated rings. The molecule has 3 heteroatoms. The van der Waals surface area contributed by atoms with E-state index in [1.54, 1.807) is 0 Å². The number of carboxylic acids is 1. The molecule has 3 aromatic rings. The van der Waals surface area contributed by atoms with Crippen molar-refractivity contribution in [2.45, 2.75) is 13.3 Å². The molecule has 0 amide bonds. The summed E-state index contributed by atoms with van der Waals surface area (Å²) in [6, 6.07) is 12.2. The number of carboxylic acid groups (broad SMARTS) is 1. The molecule has 0 unspecified atom stereocenters. The Hall–Kier alpha value is -2.29. The molecule has 0 saturated carbocycles. The third-order valence-corrected chi connectivity index (χ3v) is 3.58. The third-order valence-electron chi connectivity index (χ3n) is 3.58. The van der Waals surface area contributed by atoms with Crippen LogP contribution < -0.4 is 0 Å². The second kappa shape index (κ2) is 4.12. The highest BCUT2D eigenvalue weighted by molar-refractivity contribution is 6.08. The summed E-state index contributed by atoms with van der Waals surface area (Å²) in [7, 11) is 2.04. The van der Waals surface area contributed by atoms with Crippen molar-refractivity contribution in [2.24, 2.45) is 7.05 Å². The lowest BCUT2D eigenvalue weighted by Gasteiger charge is -1.99. The van der Waals surface area contributed by atoms with Crippen molar-refractivity contribution < 1.29 is 9.90 Å². The summed E-state index contributed by atoms with van der Waals surface area (Å²) in [6.45, 7) is 2.07. The van der Waals surface area contributed by atoms with E-state index in [0.717, 1.165) is 16.5 Å². The number of aliphatic carboxylic acids is 1. The molecule has 1 aromatic heterocycles. The van der Waals surface area contributed by atoms with Gasteiger partial charge in [0.25, 0.3) is 0 Å². The van der Waals surface area contributed by atoms with Crippen molar-refractivity contribution in [3.8, 4) is 0 Å². The number of carbonyl (C=O) groups is 1. The van der Waals surface area contributed by atoms with Crippen molar-refractivity contribution in [3.63, 3.8) is 0 Å². The first-order valence-electron chi connectivity index (χ1n) is 6.26. The summed E-state index contributed by atoms with van der Waals surface area (Å²) < 4.78 is 2.15. The molecule has 0 bridgehead atoms. The van der Waals surface area contributed by atoms with Gasteiger partial charge in [0, 0.05) is 28.9 Å². The Labute approximate surface area is 111 Å². The minimum absolute atomic E-state index is 0.0676. The first kappa shape index (κ1) is 11.8. The number of fused-ring (bicyclic) bond motifs is 3. The summed E-state index contributed by atoms with van der Waals surface area (Å²) in [5.41, 5.74) is 4.36. The quantitative estimate of drug-likeness (QED) is 0.761. The summed E-state index contributed by atoms with van der Waals surface area (Å²) in [5.74, 6) is -0.796. The number of hydrogen-bond donors (Lipinski definition) is 1. The second-order valence-corrected chi connectivity index (χ2v) is 5.00. The van der Waals surface area contributed by atoms with Gasteiger partial charge in [-0.05, 0) is 36.8 Å². The van der Waals surface area contributed by atoms with Crippen molar-refractivity contribution in [1.82, 2.24) is 4.57 Å². The number of aryl methyl sites for hydroxylation is 2. The summed E-state index contributed by atoms with van der Waals surface area (Å²) in [6.07, 6.45) is 0.0676. The van der Waals surface area contributed by atoms with E-state index in [1.165, 1.54) is 16.5 Å². The number of benzene rings is 2. The molecule has 3 nitrogen and oxygen atoms in total. The van der Waals surface area contributed by atoms with Gasteiger partial charge in [-0.2, -0.15) is 0 Å². The molecule has 1 heterocycles. The Bertz CT molecular complexity index is 799. The molecule has 1 N–H and O–H groups in total. The highest BCUT2D eigenvalue weighted by atomic mass is 16.4. The lowest BCUT2D eigenvalue weighted by molar-refractivity contribution is -0.136. The van der Waals surface area contributed by atoms with Crippen LogP contribution in [0.15, 0.2) is 36.4 Å². The van der Waals surface area contributed by atoms with Crippen LogP contribution in [0.25, 0.3) is 21.8 Å². The normalized spacial score (nSPS) is 11.3. The molecular formula is C16H15NO2. The van der Waals surface area contributed by atoms with Gasteiger partial charge < -0.3 is 9.67 Å². The maximum absolute atomic E-state index is 10.8. The zero-order chi connectivity index (χ0) is 13.6. The van der Waals surface area contributed by atoms with Gasteiger partial charge in [0.15, 0.2) is 0 Å². The summed E-state index contributed by atoms with van der Waals surface area (Å²) in [5, 5.41) is 11.2. The Kier molecular flexibility index (Phi) is 2.56. The molecule has 0 aliphatic rings. The van der Waals surface area contributed by atoms with Gasteiger partial charge in [-0.15, -0.1) is 0 Å². The number of aromatic nitrogens is 1. The SMILES string of the molecule is Cc1ccc2c(c1)c1cc(CC(=O)O)ccc1n2C. The standard InChI is InChI=1S/C16H15NO2/c1-10-3-5-14-12(7-10)13-8-11(9-16(18)19)4-6-15(13)17(14)2/h3-8H,9H2,1-2H3,(H,18,19). The molecule has 0 atom stereocenters. The second-order valence-electron chi connectivity index (χ2n) is 5.00. The van der Waals surface area contributed by atoms with Gasteiger partial charge in [-0.3, -0.25) is 4.79 Å². The Balaban J connectivity index is 2.34. The van der Waals surface area contributed by atoms with E-state index in [9.17, 15) is 4.79 Å². The maximum Gasteiger partial charge on any atom is 0.307 e. The van der Waals surface area contributed by atoms with Gasteiger partial charge in [0.1, 0.15) is 0 Å². The predicted molar refractivity (Wildman–Crippen MR) is 76.5 cm³/mol. The van der Waals surface area contributed by atoms with Crippen LogP contribution in [-0.4, -0.2) is 15.6 Å². The van der Waals surface area contributed by atoms with Crippen LogP contribution in [0.3, 0.4) is 0 Å². The minimum atomic E-state index is -0.796. The smallest absolute Gasteiger partial charge is 0.307 e. The van der Waals surface area contributed by atoms with Gasteiger partial charge >= 0.3 is 5.97 Å². The molecule has 0 aliphatic carbocycles. The average Bonchev–Trinajstić information content (AvgIpc) is 2.62. The zero-order valence-corrected chi connectivity index (χ0v) is 11.0. The van der Waals surface area contributed by atoms with Crippen LogP contribution in [0.5, 0.6) is 0 Å². The first-order chi connectivity index (χ1) is 9.06. The van der Waals surface area contributed by atoms with E-state index in [4.69, 9.17) is 5.11 Å². The Morgan fingerprint density at radius 1 is 1.11 bits per heavy atom. The van der Waals surface area contributed by atoms with Gasteiger partial charge in [-0.1, -0.05) is 17.7 Å². The van der Waals surface area contributed by atoms with Crippen molar-refractivity contribution in [1.29, 1.82) is 0 Å². The molecule has 19 heavy (non-hydrogen) atoms. The lowest BCUT2D eigenvalue weighted by atomic mass is 10.1. The predicted octanol–water partition coefficient (Wildman–Crippen LogP) is 3.27. The molecule has 0 spiro atoms. The van der Waals surface area contributed by atoms with E-state index in [-0.39, 0.29) is 6.42 Å². The van der Waals surface area contributed by atoms with E-state index in [1.807, 2.05) is 25.2 Å². The molecule has 2 aromatic carbocycles. The van der Waals surface area contributed by atoms with Crippen molar-refractivity contribution in [2.75, 3.05) is 0 Å². The maximum atomic E-state index is 10.8. The van der Waals surface area contributed by atoms with E-state index in [2.05, 4.69) is 29.7 Å².